The van der Waals surface area contributed by atoms with Gasteiger partial charge < -0.3 is 18.2 Å². The second kappa shape index (κ2) is 18.6. The fourth-order valence-corrected chi connectivity index (χ4v) is 19.4. The Morgan fingerprint density at radius 1 is 0.235 bits per heavy atom. The second-order valence-corrected chi connectivity index (χ2v) is 29.7. The maximum absolute atomic E-state index is 7.13. The van der Waals surface area contributed by atoms with E-state index < -0.39 is 10.8 Å². The molecule has 5 aliphatic rings. The molecule has 0 unspecified atom stereocenters. The van der Waals surface area contributed by atoms with Crippen LogP contribution in [-0.4, -0.2) is 0 Å². The van der Waals surface area contributed by atoms with Crippen LogP contribution in [0.3, 0.4) is 0 Å². The van der Waals surface area contributed by atoms with Crippen molar-refractivity contribution in [1.29, 1.82) is 0 Å². The van der Waals surface area contributed by atoms with Crippen molar-refractivity contribution in [2.45, 2.75) is 63.2 Å². The van der Waals surface area contributed by atoms with Crippen molar-refractivity contribution in [2.24, 2.45) is 0 Å². The zero-order chi connectivity index (χ0) is 65.0. The molecule has 462 valence electrons. The number of fused-ring (bicyclic) bond motifs is 31. The Balaban J connectivity index is 0.797. The molecule has 4 heteroatoms. The Morgan fingerprint density at radius 2 is 0.622 bits per heavy atom. The molecule has 5 aliphatic carbocycles. The van der Waals surface area contributed by atoms with Gasteiger partial charge in [-0.25, -0.2) is 0 Å². The van der Waals surface area contributed by atoms with Crippen molar-refractivity contribution in [3.8, 4) is 77.9 Å². The van der Waals surface area contributed by atoms with Crippen LogP contribution in [0.4, 0.5) is 17.1 Å². The van der Waals surface area contributed by atoms with Crippen molar-refractivity contribution in [2.75, 3.05) is 4.90 Å². The van der Waals surface area contributed by atoms with Crippen molar-refractivity contribution in [1.82, 2.24) is 0 Å². The molecule has 0 N–H and O–H groups in total. The third-order valence-corrected chi connectivity index (χ3v) is 23.8. The highest BCUT2D eigenvalue weighted by atomic mass is 16.3. The van der Waals surface area contributed by atoms with Crippen LogP contribution in [0.2, 0.25) is 0 Å². The summed E-state index contributed by atoms with van der Waals surface area (Å²) in [6.45, 7) is 14.6. The third-order valence-electron chi connectivity index (χ3n) is 23.8. The second-order valence-electron chi connectivity index (χ2n) is 29.7. The fraction of sp³-hybridized carbons (Fsp3) is 0.106. The Bertz CT molecular complexity index is 6420. The van der Waals surface area contributed by atoms with E-state index in [1.807, 2.05) is 0 Å². The Kier molecular flexibility index (Phi) is 10.4. The van der Waals surface area contributed by atoms with Gasteiger partial charge in [-0.05, 0) is 207 Å². The highest BCUT2D eigenvalue weighted by Gasteiger charge is 2.54. The molecule has 14 aromatic carbocycles. The normalized spacial score (nSPS) is 15.4. The Morgan fingerprint density at radius 3 is 1.21 bits per heavy atom. The standard InChI is InChI=1S/C94H63NO3/c1-91(2)71-43-44-82-86(62-29-15-20-34-79(62)96-82)85(71)68-51-74-67(50-75(68)91)59-40-37-54(45-72(59)92(74,3)4)95(55-38-41-60-73(46-55)93(5,6)77-48-65(52-23-9-7-10-24-52)89-87(83(60)77)63-30-16-21-35-80(63)97-89)56-39-42-61-76(47-56)94(69-32-18-13-27-57(69)58-28-14-19-33-70(58)94)78-49-66(53-25-11-8-12-26-53)90-88(84(61)78)64-31-17-22-36-81(64)98-90/h7-51H,1-6H3. The molecule has 22 rings (SSSR count). The van der Waals surface area contributed by atoms with E-state index >= 15 is 0 Å². The number of hydrogen-bond donors (Lipinski definition) is 0. The SMILES string of the molecule is CC1(C)c2cc(N(c3ccc4c(c3)C(C)(C)c3cc(-c5ccccc5)c5oc6ccccc6c5c3-4)c3ccc4c(c3)C3(c5ccccc5-c5ccccc53)c3cc(-c5ccccc5)c5oc6ccccc6c5c3-4)ccc2-c2cc3c(cc21)-c1c(ccc2oc4ccccc4c12)C3(C)C. The molecular formula is C94H63NO3. The lowest BCUT2D eigenvalue weighted by atomic mass is 9.70. The molecule has 0 fully saturated rings. The number of furan rings is 3. The van der Waals surface area contributed by atoms with E-state index in [1.165, 1.54) is 122 Å². The topological polar surface area (TPSA) is 42.7 Å². The van der Waals surface area contributed by atoms with Gasteiger partial charge >= 0.3 is 0 Å². The zero-order valence-electron chi connectivity index (χ0n) is 55.2. The molecule has 98 heavy (non-hydrogen) atoms. The molecular weight excluding hydrogens is 1190 g/mol. The number of rotatable bonds is 5. The van der Waals surface area contributed by atoms with Gasteiger partial charge in [-0.15, -0.1) is 0 Å². The molecule has 17 aromatic rings. The predicted molar refractivity (Wildman–Crippen MR) is 403 cm³/mol. The van der Waals surface area contributed by atoms with Crippen LogP contribution >= 0.6 is 0 Å². The predicted octanol–water partition coefficient (Wildman–Crippen LogP) is 25.5. The van der Waals surface area contributed by atoms with Crippen LogP contribution in [0.1, 0.15) is 97.2 Å². The van der Waals surface area contributed by atoms with Gasteiger partial charge in [-0.3, -0.25) is 0 Å². The van der Waals surface area contributed by atoms with Crippen molar-refractivity contribution >= 4 is 82.9 Å². The first kappa shape index (κ1) is 54.5. The van der Waals surface area contributed by atoms with Crippen LogP contribution in [-0.2, 0) is 21.7 Å². The summed E-state index contributed by atoms with van der Waals surface area (Å²) in [5.74, 6) is 0. The third kappa shape index (κ3) is 6.70. The van der Waals surface area contributed by atoms with Crippen LogP contribution < -0.4 is 4.90 Å². The Labute approximate surface area is 567 Å². The van der Waals surface area contributed by atoms with E-state index in [4.69, 9.17) is 13.3 Å². The fourth-order valence-electron chi connectivity index (χ4n) is 19.4. The van der Waals surface area contributed by atoms with Gasteiger partial charge in [0.05, 0.1) is 5.41 Å². The van der Waals surface area contributed by atoms with Gasteiger partial charge in [0.1, 0.15) is 33.5 Å². The summed E-state index contributed by atoms with van der Waals surface area (Å²) in [6.07, 6.45) is 0. The Hall–Kier alpha value is -11.7. The molecule has 0 saturated carbocycles. The van der Waals surface area contributed by atoms with E-state index in [9.17, 15) is 0 Å². The smallest absolute Gasteiger partial charge is 0.143 e. The van der Waals surface area contributed by atoms with Gasteiger partial charge in [0.2, 0.25) is 0 Å². The van der Waals surface area contributed by atoms with Gasteiger partial charge in [-0.1, -0.05) is 230 Å². The van der Waals surface area contributed by atoms with E-state index in [0.29, 0.717) is 0 Å². The lowest BCUT2D eigenvalue weighted by Gasteiger charge is -2.33. The van der Waals surface area contributed by atoms with Gasteiger partial charge in [0.25, 0.3) is 0 Å². The van der Waals surface area contributed by atoms with E-state index in [1.54, 1.807) is 0 Å². The molecule has 0 amide bonds. The average Bonchev–Trinajstić information content (AvgIpc) is 1.50. The summed E-state index contributed by atoms with van der Waals surface area (Å²) in [5, 5.41) is 6.94. The maximum atomic E-state index is 7.13. The molecule has 0 saturated heterocycles. The minimum absolute atomic E-state index is 0.235. The molecule has 0 atom stereocenters. The molecule has 1 spiro atoms. The number of nitrogens with zero attached hydrogens (tertiary/aromatic N) is 1. The number of benzene rings is 14. The van der Waals surface area contributed by atoms with Crippen molar-refractivity contribution in [3.63, 3.8) is 0 Å². The van der Waals surface area contributed by atoms with E-state index in [2.05, 4.69) is 319 Å². The minimum atomic E-state index is -0.699. The molecule has 0 aliphatic heterocycles. The van der Waals surface area contributed by atoms with E-state index in [0.717, 1.165) is 94.4 Å². The van der Waals surface area contributed by atoms with Crippen LogP contribution in [0.5, 0.6) is 0 Å². The van der Waals surface area contributed by atoms with Crippen LogP contribution in [0.25, 0.3) is 144 Å². The van der Waals surface area contributed by atoms with Crippen molar-refractivity contribution < 1.29 is 13.3 Å². The minimum Gasteiger partial charge on any atom is -0.456 e. The molecule has 0 bridgehead atoms. The van der Waals surface area contributed by atoms with Gasteiger partial charge in [0, 0.05) is 76.8 Å². The number of anilines is 3. The summed E-state index contributed by atoms with van der Waals surface area (Å²) in [4.78, 5) is 2.58. The van der Waals surface area contributed by atoms with Gasteiger partial charge in [-0.2, -0.15) is 0 Å². The van der Waals surface area contributed by atoms with E-state index in [-0.39, 0.29) is 10.8 Å². The summed E-state index contributed by atoms with van der Waals surface area (Å²) >= 11 is 0. The summed E-state index contributed by atoms with van der Waals surface area (Å²) in [6, 6.07) is 102. The molecule has 4 nitrogen and oxygen atoms in total. The quantitative estimate of drug-likeness (QED) is 0.172. The maximum Gasteiger partial charge on any atom is 0.143 e. The lowest BCUT2D eigenvalue weighted by Crippen LogP contribution is -2.26. The summed E-state index contributed by atoms with van der Waals surface area (Å²) in [5.41, 5.74) is 37.2. The first-order valence-corrected chi connectivity index (χ1v) is 34.5. The molecule has 0 radical (unpaired) electrons. The van der Waals surface area contributed by atoms with Crippen LogP contribution in [0, 0.1) is 0 Å². The first-order valence-electron chi connectivity index (χ1n) is 34.5. The van der Waals surface area contributed by atoms with Crippen LogP contribution in [0.15, 0.2) is 286 Å². The molecule has 3 heterocycles. The first-order chi connectivity index (χ1) is 47.9. The highest BCUT2D eigenvalue weighted by molar-refractivity contribution is 6.22. The summed E-state index contributed by atoms with van der Waals surface area (Å²) < 4.78 is 20.7. The molecule has 3 aromatic heterocycles. The average molecular weight is 1250 g/mol. The number of para-hydroxylation sites is 3. The lowest BCUT2D eigenvalue weighted by molar-refractivity contribution is 0.651. The summed E-state index contributed by atoms with van der Waals surface area (Å²) in [7, 11) is 0. The number of hydrogen-bond acceptors (Lipinski definition) is 4. The highest BCUT2D eigenvalue weighted by Crippen LogP contribution is 2.67. The monoisotopic (exact) mass is 1250 g/mol. The van der Waals surface area contributed by atoms with Gasteiger partial charge in [0.15, 0.2) is 0 Å². The largest absolute Gasteiger partial charge is 0.456 e. The van der Waals surface area contributed by atoms with Crippen molar-refractivity contribution in [3.05, 3.63) is 329 Å². The zero-order valence-corrected chi connectivity index (χ0v) is 55.2.